The van der Waals surface area contributed by atoms with Crippen LogP contribution in [0.2, 0.25) is 5.02 Å². The molecule has 1 aromatic rings. The quantitative estimate of drug-likeness (QED) is 0.750. The fourth-order valence-corrected chi connectivity index (χ4v) is 2.46. The average molecular weight is 311 g/mol. The van der Waals surface area contributed by atoms with E-state index in [1.807, 2.05) is 0 Å². The van der Waals surface area contributed by atoms with Crippen molar-refractivity contribution >= 4 is 29.3 Å². The summed E-state index contributed by atoms with van der Waals surface area (Å²) in [6.45, 7) is 0.416. The van der Waals surface area contributed by atoms with Gasteiger partial charge in [-0.05, 0) is 12.1 Å². The number of benzene rings is 1. The summed E-state index contributed by atoms with van der Waals surface area (Å²) in [7, 11) is 0. The Hall–Kier alpha value is -2.28. The van der Waals surface area contributed by atoms with E-state index in [-0.39, 0.29) is 23.7 Å². The highest BCUT2D eigenvalue weighted by atomic mass is 35.5. The van der Waals surface area contributed by atoms with E-state index in [4.69, 9.17) is 21.1 Å². The maximum atomic E-state index is 12.4. The van der Waals surface area contributed by atoms with Gasteiger partial charge >= 0.3 is 0 Å². The number of carbonyl (C=O) groups excluding carboxylic acids is 3. The van der Waals surface area contributed by atoms with Gasteiger partial charge in [0.05, 0.1) is 5.02 Å². The molecule has 3 amide bonds. The van der Waals surface area contributed by atoms with Crippen LogP contribution in [0, 0.1) is 0 Å². The molecule has 2 aliphatic rings. The molecule has 0 saturated carbocycles. The van der Waals surface area contributed by atoms with Crippen LogP contribution in [0.1, 0.15) is 10.4 Å². The monoisotopic (exact) mass is 310 g/mol. The van der Waals surface area contributed by atoms with Gasteiger partial charge in [0.1, 0.15) is 26.3 Å². The minimum Gasteiger partial charge on any atom is -0.486 e. The highest BCUT2D eigenvalue weighted by molar-refractivity contribution is 6.32. The van der Waals surface area contributed by atoms with Gasteiger partial charge in [0.25, 0.3) is 5.91 Å². The Labute approximate surface area is 124 Å². The van der Waals surface area contributed by atoms with Gasteiger partial charge in [-0.3, -0.25) is 19.7 Å². The second-order valence-corrected chi connectivity index (χ2v) is 5.02. The Balaban J connectivity index is 1.89. The maximum absolute atomic E-state index is 12.4. The van der Waals surface area contributed by atoms with E-state index in [1.165, 1.54) is 12.1 Å². The first-order valence-corrected chi connectivity index (χ1v) is 6.63. The number of hydrogen-bond acceptors (Lipinski definition) is 5. The number of ether oxygens (including phenoxy) is 2. The lowest BCUT2D eigenvalue weighted by atomic mass is 10.1. The molecular weight excluding hydrogens is 300 g/mol. The number of imide groups is 1. The zero-order chi connectivity index (χ0) is 15.0. The van der Waals surface area contributed by atoms with E-state index in [1.54, 1.807) is 0 Å². The Morgan fingerprint density at radius 1 is 1.14 bits per heavy atom. The summed E-state index contributed by atoms with van der Waals surface area (Å²) < 4.78 is 10.8. The summed E-state index contributed by atoms with van der Waals surface area (Å²) in [5, 5.41) is 2.39. The molecule has 110 valence electrons. The molecule has 0 radical (unpaired) electrons. The van der Waals surface area contributed by atoms with Crippen molar-refractivity contribution in [1.82, 2.24) is 10.2 Å². The normalized spacial score (nSPS) is 17.5. The van der Waals surface area contributed by atoms with Gasteiger partial charge in [0, 0.05) is 5.56 Å². The molecule has 7 nitrogen and oxygen atoms in total. The van der Waals surface area contributed by atoms with Crippen LogP contribution in [0.15, 0.2) is 12.1 Å². The van der Waals surface area contributed by atoms with E-state index in [0.29, 0.717) is 24.7 Å². The summed E-state index contributed by atoms with van der Waals surface area (Å²) in [5.74, 6) is -0.708. The lowest BCUT2D eigenvalue weighted by Gasteiger charge is -2.26. The Bertz CT molecular complexity index is 630. The molecule has 0 aromatic heterocycles. The number of hydrogen-bond donors (Lipinski definition) is 1. The minimum absolute atomic E-state index is 0.170. The Morgan fingerprint density at radius 2 is 1.81 bits per heavy atom. The van der Waals surface area contributed by atoms with Crippen LogP contribution in [0.3, 0.4) is 0 Å². The molecule has 1 N–H and O–H groups in total. The number of rotatable bonds is 1. The molecule has 1 aromatic carbocycles. The second-order valence-electron chi connectivity index (χ2n) is 4.61. The van der Waals surface area contributed by atoms with Crippen molar-refractivity contribution in [3.8, 4) is 11.5 Å². The number of piperazine rings is 1. The van der Waals surface area contributed by atoms with Crippen molar-refractivity contribution in [3.05, 3.63) is 22.7 Å². The van der Waals surface area contributed by atoms with Crippen LogP contribution in [0.25, 0.3) is 0 Å². The minimum atomic E-state index is -0.511. The van der Waals surface area contributed by atoms with Crippen molar-refractivity contribution in [2.75, 3.05) is 26.3 Å². The number of amides is 3. The van der Waals surface area contributed by atoms with Crippen LogP contribution in [-0.2, 0) is 9.59 Å². The van der Waals surface area contributed by atoms with Gasteiger partial charge in [-0.15, -0.1) is 0 Å². The summed E-state index contributed by atoms with van der Waals surface area (Å²) in [6, 6.07) is 2.94. The molecule has 0 atom stereocenters. The van der Waals surface area contributed by atoms with Gasteiger partial charge in [-0.25, -0.2) is 0 Å². The van der Waals surface area contributed by atoms with Crippen LogP contribution in [0.5, 0.6) is 11.5 Å². The number of nitrogens with zero attached hydrogens (tertiary/aromatic N) is 1. The summed E-state index contributed by atoms with van der Waals surface area (Å²) in [4.78, 5) is 36.2. The van der Waals surface area contributed by atoms with Gasteiger partial charge in [0.15, 0.2) is 11.5 Å². The van der Waals surface area contributed by atoms with Crippen molar-refractivity contribution < 1.29 is 23.9 Å². The molecular formula is C13H11ClN2O5. The number of nitrogens with one attached hydrogen (secondary N) is 1. The van der Waals surface area contributed by atoms with Gasteiger partial charge < -0.3 is 14.4 Å². The lowest BCUT2D eigenvalue weighted by Crippen LogP contribution is -2.53. The first-order valence-electron chi connectivity index (χ1n) is 6.25. The van der Waals surface area contributed by atoms with Crippen molar-refractivity contribution in [1.29, 1.82) is 0 Å². The largest absolute Gasteiger partial charge is 0.486 e. The maximum Gasteiger partial charge on any atom is 0.254 e. The molecule has 1 fully saturated rings. The third kappa shape index (κ3) is 2.64. The smallest absolute Gasteiger partial charge is 0.254 e. The van der Waals surface area contributed by atoms with Crippen LogP contribution >= 0.6 is 11.6 Å². The molecule has 0 bridgehead atoms. The molecule has 0 unspecified atom stereocenters. The molecule has 2 heterocycles. The molecule has 2 aliphatic heterocycles. The Kier molecular flexibility index (Phi) is 3.42. The van der Waals surface area contributed by atoms with E-state index in [9.17, 15) is 14.4 Å². The lowest BCUT2D eigenvalue weighted by molar-refractivity contribution is -0.135. The van der Waals surface area contributed by atoms with E-state index >= 15 is 0 Å². The highest BCUT2D eigenvalue weighted by Gasteiger charge is 2.28. The molecule has 1 saturated heterocycles. The second kappa shape index (κ2) is 5.25. The van der Waals surface area contributed by atoms with Crippen molar-refractivity contribution in [2.45, 2.75) is 0 Å². The molecule has 0 aliphatic carbocycles. The predicted molar refractivity (Wildman–Crippen MR) is 71.5 cm³/mol. The first kappa shape index (κ1) is 13.7. The van der Waals surface area contributed by atoms with Gasteiger partial charge in [-0.1, -0.05) is 11.6 Å². The molecule has 3 rings (SSSR count). The molecule has 21 heavy (non-hydrogen) atoms. The summed E-state index contributed by atoms with van der Waals surface area (Å²) in [6.07, 6.45) is 0. The van der Waals surface area contributed by atoms with Crippen molar-refractivity contribution in [3.63, 3.8) is 0 Å². The fraction of sp³-hybridized carbons (Fsp3) is 0.308. The van der Waals surface area contributed by atoms with E-state index < -0.39 is 17.7 Å². The zero-order valence-corrected chi connectivity index (χ0v) is 11.6. The number of fused-ring (bicyclic) bond motifs is 1. The topological polar surface area (TPSA) is 84.9 Å². The number of carbonyl (C=O) groups is 3. The predicted octanol–water partition coefficient (Wildman–Crippen LogP) is 0.210. The fourth-order valence-electron chi connectivity index (χ4n) is 2.20. The summed E-state index contributed by atoms with van der Waals surface area (Å²) >= 11 is 6.07. The highest BCUT2D eigenvalue weighted by Crippen LogP contribution is 2.38. The third-order valence-corrected chi connectivity index (χ3v) is 3.36. The van der Waals surface area contributed by atoms with E-state index in [0.717, 1.165) is 4.90 Å². The van der Waals surface area contributed by atoms with Crippen LogP contribution in [0.4, 0.5) is 0 Å². The average Bonchev–Trinajstić information content (AvgIpc) is 2.45. The summed E-state index contributed by atoms with van der Waals surface area (Å²) in [5.41, 5.74) is 0.242. The SMILES string of the molecule is O=C1CN(C(=O)c2cc(Cl)c3c(c2)OCCO3)CC(=O)N1. The van der Waals surface area contributed by atoms with Gasteiger partial charge in [-0.2, -0.15) is 0 Å². The number of halogens is 1. The van der Waals surface area contributed by atoms with Crippen LogP contribution < -0.4 is 14.8 Å². The Morgan fingerprint density at radius 3 is 2.52 bits per heavy atom. The van der Waals surface area contributed by atoms with Crippen molar-refractivity contribution in [2.24, 2.45) is 0 Å². The third-order valence-electron chi connectivity index (χ3n) is 3.08. The standard InChI is InChI=1S/C13H11ClN2O5/c14-8-3-7(4-9-12(8)21-2-1-20-9)13(19)16-5-10(17)15-11(18)6-16/h3-4H,1-2,5-6H2,(H,15,17,18). The molecule has 8 heteroatoms. The van der Waals surface area contributed by atoms with Gasteiger partial charge in [0.2, 0.25) is 11.8 Å². The van der Waals surface area contributed by atoms with E-state index in [2.05, 4.69) is 5.32 Å². The molecule has 0 spiro atoms. The first-order chi connectivity index (χ1) is 10.0. The van der Waals surface area contributed by atoms with Crippen LogP contribution in [-0.4, -0.2) is 48.9 Å². The zero-order valence-electron chi connectivity index (χ0n) is 10.8.